The summed E-state index contributed by atoms with van der Waals surface area (Å²) in [7, 11) is 0. The van der Waals surface area contributed by atoms with Gasteiger partial charge in [0.15, 0.2) is 5.78 Å². The lowest BCUT2D eigenvalue weighted by molar-refractivity contribution is 0.0841. The van der Waals surface area contributed by atoms with Crippen molar-refractivity contribution in [2.75, 3.05) is 39.3 Å². The van der Waals surface area contributed by atoms with Gasteiger partial charge in [-0.2, -0.15) is 0 Å². The van der Waals surface area contributed by atoms with Gasteiger partial charge < -0.3 is 5.11 Å². The maximum absolute atomic E-state index is 12.5. The Morgan fingerprint density at radius 3 is 2.65 bits per heavy atom. The molecular weight excluding hydrogens is 252 g/mol. The van der Waals surface area contributed by atoms with Crippen LogP contribution < -0.4 is 0 Å². The number of carbonyl (C=O) groups excluding carboxylic acids is 1. The maximum Gasteiger partial charge on any atom is 0.179 e. The molecule has 1 aromatic rings. The molecule has 110 valence electrons. The van der Waals surface area contributed by atoms with E-state index < -0.39 is 0 Å². The van der Waals surface area contributed by atoms with Crippen molar-refractivity contribution < 1.29 is 9.90 Å². The molecule has 4 nitrogen and oxygen atoms in total. The van der Waals surface area contributed by atoms with Crippen LogP contribution in [0.2, 0.25) is 0 Å². The van der Waals surface area contributed by atoms with Crippen LogP contribution in [-0.4, -0.2) is 66.1 Å². The van der Waals surface area contributed by atoms with Gasteiger partial charge in [-0.05, 0) is 19.9 Å². The van der Waals surface area contributed by atoms with E-state index in [0.29, 0.717) is 0 Å². The maximum atomic E-state index is 12.5. The third-order valence-electron chi connectivity index (χ3n) is 4.02. The highest BCUT2D eigenvalue weighted by Crippen LogP contribution is 2.12. The van der Waals surface area contributed by atoms with Gasteiger partial charge in [-0.25, -0.2) is 0 Å². The Hall–Kier alpha value is -1.23. The fraction of sp³-hybridized carbons (Fsp3) is 0.562. The number of rotatable bonds is 5. The normalized spacial score (nSPS) is 19.5. The SMILES string of the molecule is CC(C(=O)c1ccccc1)N1CCCN(CCO)CC1. The van der Waals surface area contributed by atoms with Gasteiger partial charge in [0, 0.05) is 31.7 Å². The second-order valence-corrected chi connectivity index (χ2v) is 5.36. The Kier molecular flexibility index (Phi) is 5.71. The quantitative estimate of drug-likeness (QED) is 0.822. The van der Waals surface area contributed by atoms with E-state index in [-0.39, 0.29) is 18.4 Å². The Bertz CT molecular complexity index is 422. The van der Waals surface area contributed by atoms with Crippen LogP contribution in [0.3, 0.4) is 0 Å². The number of aliphatic hydroxyl groups excluding tert-OH is 1. The number of hydrogen-bond donors (Lipinski definition) is 1. The average Bonchev–Trinajstić information content (AvgIpc) is 2.73. The van der Waals surface area contributed by atoms with Crippen molar-refractivity contribution in [1.29, 1.82) is 0 Å². The van der Waals surface area contributed by atoms with E-state index in [2.05, 4.69) is 9.80 Å². The smallest absolute Gasteiger partial charge is 0.179 e. The highest BCUT2D eigenvalue weighted by Gasteiger charge is 2.24. The van der Waals surface area contributed by atoms with Crippen LogP contribution in [0.15, 0.2) is 30.3 Å². The van der Waals surface area contributed by atoms with Gasteiger partial charge in [-0.1, -0.05) is 30.3 Å². The molecule has 2 rings (SSSR count). The number of ketones is 1. The van der Waals surface area contributed by atoms with Gasteiger partial charge in [0.05, 0.1) is 12.6 Å². The van der Waals surface area contributed by atoms with Crippen molar-refractivity contribution in [3.05, 3.63) is 35.9 Å². The van der Waals surface area contributed by atoms with E-state index >= 15 is 0 Å². The molecule has 0 radical (unpaired) electrons. The fourth-order valence-electron chi connectivity index (χ4n) is 2.75. The van der Waals surface area contributed by atoms with Crippen LogP contribution in [0.1, 0.15) is 23.7 Å². The van der Waals surface area contributed by atoms with Crippen molar-refractivity contribution in [3.8, 4) is 0 Å². The molecule has 0 aliphatic carbocycles. The molecule has 1 aliphatic heterocycles. The summed E-state index contributed by atoms with van der Waals surface area (Å²) >= 11 is 0. The second-order valence-electron chi connectivity index (χ2n) is 5.36. The van der Waals surface area contributed by atoms with Gasteiger partial charge in [0.1, 0.15) is 0 Å². The highest BCUT2D eigenvalue weighted by molar-refractivity contribution is 5.99. The minimum absolute atomic E-state index is 0.0773. The van der Waals surface area contributed by atoms with Crippen LogP contribution in [-0.2, 0) is 0 Å². The molecule has 0 aromatic heterocycles. The van der Waals surface area contributed by atoms with E-state index in [1.54, 1.807) is 0 Å². The Labute approximate surface area is 121 Å². The predicted octanol–water partition coefficient (Wildman–Crippen LogP) is 1.26. The summed E-state index contributed by atoms with van der Waals surface area (Å²) in [6.45, 7) is 6.70. The topological polar surface area (TPSA) is 43.8 Å². The molecule has 1 fully saturated rings. The van der Waals surface area contributed by atoms with Crippen molar-refractivity contribution in [1.82, 2.24) is 9.80 Å². The fourth-order valence-corrected chi connectivity index (χ4v) is 2.75. The number of hydrogen-bond acceptors (Lipinski definition) is 4. The molecule has 1 heterocycles. The standard InChI is InChI=1S/C16H24N2O2/c1-14(16(20)15-6-3-2-4-7-15)18-9-5-8-17(10-11-18)12-13-19/h2-4,6-7,14,19H,5,8-13H2,1H3. The molecule has 0 saturated carbocycles. The van der Waals surface area contributed by atoms with Gasteiger partial charge >= 0.3 is 0 Å². The van der Waals surface area contributed by atoms with Crippen LogP contribution in [0.5, 0.6) is 0 Å². The molecular formula is C16H24N2O2. The third-order valence-corrected chi connectivity index (χ3v) is 4.02. The van der Waals surface area contributed by atoms with Gasteiger partial charge in [-0.15, -0.1) is 0 Å². The van der Waals surface area contributed by atoms with Crippen LogP contribution in [0, 0.1) is 0 Å². The molecule has 1 unspecified atom stereocenters. The van der Waals surface area contributed by atoms with Gasteiger partial charge in [0.25, 0.3) is 0 Å². The Morgan fingerprint density at radius 2 is 1.95 bits per heavy atom. The third kappa shape index (κ3) is 3.88. The number of carbonyl (C=O) groups is 1. The summed E-state index contributed by atoms with van der Waals surface area (Å²) in [5.41, 5.74) is 0.788. The Balaban J connectivity index is 1.95. The summed E-state index contributed by atoms with van der Waals surface area (Å²) in [4.78, 5) is 17.0. The number of aliphatic hydroxyl groups is 1. The minimum atomic E-state index is -0.0773. The predicted molar refractivity (Wildman–Crippen MR) is 80.0 cm³/mol. The number of β-amino-alcohol motifs (C(OH)–C–C–N with tert-alkyl or cyclic N) is 1. The molecule has 1 atom stereocenters. The summed E-state index contributed by atoms with van der Waals surface area (Å²) in [5.74, 6) is 0.196. The molecule has 0 bridgehead atoms. The first-order valence-electron chi connectivity index (χ1n) is 7.39. The molecule has 0 amide bonds. The molecule has 1 aromatic carbocycles. The summed E-state index contributed by atoms with van der Waals surface area (Å²) in [5, 5.41) is 9.01. The van der Waals surface area contributed by atoms with Gasteiger partial charge in [-0.3, -0.25) is 14.6 Å². The second kappa shape index (κ2) is 7.53. The van der Waals surface area contributed by atoms with E-state index in [4.69, 9.17) is 5.11 Å². The van der Waals surface area contributed by atoms with Crippen LogP contribution in [0.25, 0.3) is 0 Å². The molecule has 4 heteroatoms. The van der Waals surface area contributed by atoms with Crippen LogP contribution >= 0.6 is 0 Å². The molecule has 20 heavy (non-hydrogen) atoms. The number of Topliss-reactive ketones (excluding diaryl/α,β-unsaturated/α-hetero) is 1. The number of nitrogens with zero attached hydrogens (tertiary/aromatic N) is 2. The van der Waals surface area contributed by atoms with E-state index in [9.17, 15) is 4.79 Å². The summed E-state index contributed by atoms with van der Waals surface area (Å²) < 4.78 is 0. The first-order chi connectivity index (χ1) is 9.72. The monoisotopic (exact) mass is 276 g/mol. The zero-order valence-corrected chi connectivity index (χ0v) is 12.2. The lowest BCUT2D eigenvalue weighted by Crippen LogP contribution is -2.41. The highest BCUT2D eigenvalue weighted by atomic mass is 16.3. The lowest BCUT2D eigenvalue weighted by Gasteiger charge is -2.26. The first kappa shape index (κ1) is 15.2. The zero-order chi connectivity index (χ0) is 14.4. The summed E-state index contributed by atoms with van der Waals surface area (Å²) in [6, 6.07) is 9.44. The van der Waals surface area contributed by atoms with E-state index in [1.807, 2.05) is 37.3 Å². The minimum Gasteiger partial charge on any atom is -0.395 e. The van der Waals surface area contributed by atoms with Crippen molar-refractivity contribution in [3.63, 3.8) is 0 Å². The molecule has 1 saturated heterocycles. The lowest BCUT2D eigenvalue weighted by atomic mass is 10.0. The molecule has 0 spiro atoms. The number of benzene rings is 1. The van der Waals surface area contributed by atoms with Crippen molar-refractivity contribution in [2.45, 2.75) is 19.4 Å². The van der Waals surface area contributed by atoms with Gasteiger partial charge in [0.2, 0.25) is 0 Å². The average molecular weight is 276 g/mol. The van der Waals surface area contributed by atoms with Crippen LogP contribution in [0.4, 0.5) is 0 Å². The Morgan fingerprint density at radius 1 is 1.20 bits per heavy atom. The first-order valence-corrected chi connectivity index (χ1v) is 7.39. The molecule has 1 N–H and O–H groups in total. The largest absolute Gasteiger partial charge is 0.395 e. The van der Waals surface area contributed by atoms with Crippen molar-refractivity contribution >= 4 is 5.78 Å². The van der Waals surface area contributed by atoms with E-state index in [1.165, 1.54) is 0 Å². The van der Waals surface area contributed by atoms with Crippen molar-refractivity contribution in [2.24, 2.45) is 0 Å². The molecule has 1 aliphatic rings. The summed E-state index contributed by atoms with van der Waals surface area (Å²) in [6.07, 6.45) is 1.05. The van der Waals surface area contributed by atoms with E-state index in [0.717, 1.165) is 44.7 Å². The zero-order valence-electron chi connectivity index (χ0n) is 12.2.